The van der Waals surface area contributed by atoms with Gasteiger partial charge in [0.05, 0.1) is 18.2 Å². The minimum Gasteiger partial charge on any atom is -0.376 e. The van der Waals surface area contributed by atoms with E-state index >= 15 is 0 Å². The molecule has 0 bridgehead atoms. The van der Waals surface area contributed by atoms with E-state index in [1.54, 1.807) is 0 Å². The van der Waals surface area contributed by atoms with Crippen molar-refractivity contribution in [3.05, 3.63) is 0 Å². The lowest BCUT2D eigenvalue weighted by atomic mass is 9.80. The van der Waals surface area contributed by atoms with Crippen LogP contribution in [0.1, 0.15) is 57.8 Å². The van der Waals surface area contributed by atoms with Gasteiger partial charge in [0.2, 0.25) is 5.91 Å². The minimum atomic E-state index is -0.785. The van der Waals surface area contributed by atoms with E-state index < -0.39 is 5.41 Å². The van der Waals surface area contributed by atoms with Crippen LogP contribution in [-0.2, 0) is 9.53 Å². The van der Waals surface area contributed by atoms with Crippen molar-refractivity contribution in [3.8, 4) is 6.07 Å². The molecule has 0 aromatic carbocycles. The summed E-state index contributed by atoms with van der Waals surface area (Å²) < 4.78 is 5.77. The minimum absolute atomic E-state index is 0.0388. The van der Waals surface area contributed by atoms with Gasteiger partial charge in [0.25, 0.3) is 0 Å². The third-order valence-corrected chi connectivity index (χ3v) is 5.14. The van der Waals surface area contributed by atoms with Gasteiger partial charge in [-0.15, -0.1) is 0 Å². The molecule has 3 rings (SSSR count). The van der Waals surface area contributed by atoms with Crippen LogP contribution in [0.2, 0.25) is 0 Å². The molecule has 110 valence electrons. The Labute approximate surface area is 120 Å². The predicted octanol–water partition coefficient (Wildman–Crippen LogP) is 2.53. The van der Waals surface area contributed by atoms with Crippen molar-refractivity contribution in [1.82, 2.24) is 5.32 Å². The fraction of sp³-hybridized carbons (Fsp3) is 0.875. The van der Waals surface area contributed by atoms with E-state index in [-0.39, 0.29) is 18.1 Å². The molecule has 0 radical (unpaired) electrons. The average Bonchev–Trinajstić information content (AvgIpc) is 3.24. The summed E-state index contributed by atoms with van der Waals surface area (Å²) in [6.07, 6.45) is 9.26. The largest absolute Gasteiger partial charge is 0.376 e. The lowest BCUT2D eigenvalue weighted by Gasteiger charge is -2.27. The molecule has 2 unspecified atom stereocenters. The predicted molar refractivity (Wildman–Crippen MR) is 74.8 cm³/mol. The molecule has 1 saturated heterocycles. The van der Waals surface area contributed by atoms with E-state index in [2.05, 4.69) is 11.4 Å². The number of rotatable bonds is 3. The molecule has 3 fully saturated rings. The number of carbonyl (C=O) groups excluding carboxylic acids is 1. The molecule has 4 nitrogen and oxygen atoms in total. The first-order chi connectivity index (χ1) is 9.75. The number of hydrogen-bond acceptors (Lipinski definition) is 3. The van der Waals surface area contributed by atoms with Gasteiger partial charge in [0, 0.05) is 6.61 Å². The molecule has 3 aliphatic rings. The maximum Gasteiger partial charge on any atom is 0.240 e. The Hall–Kier alpha value is -1.08. The summed E-state index contributed by atoms with van der Waals surface area (Å²) in [6, 6.07) is 2.47. The van der Waals surface area contributed by atoms with Crippen molar-refractivity contribution >= 4 is 5.91 Å². The number of nitriles is 1. The van der Waals surface area contributed by atoms with Gasteiger partial charge >= 0.3 is 0 Å². The first-order valence-corrected chi connectivity index (χ1v) is 8.09. The molecule has 4 heteroatoms. The zero-order valence-corrected chi connectivity index (χ0v) is 12.1. The van der Waals surface area contributed by atoms with E-state index in [0.717, 1.165) is 51.6 Å². The number of ether oxygens (including phenoxy) is 1. The Morgan fingerprint density at radius 3 is 2.45 bits per heavy atom. The zero-order valence-electron chi connectivity index (χ0n) is 12.1. The highest BCUT2D eigenvalue weighted by atomic mass is 16.5. The molecular weight excluding hydrogens is 252 g/mol. The number of carbonyl (C=O) groups is 1. The van der Waals surface area contributed by atoms with E-state index in [1.165, 1.54) is 12.8 Å². The van der Waals surface area contributed by atoms with Crippen molar-refractivity contribution in [2.24, 2.45) is 11.3 Å². The van der Waals surface area contributed by atoms with Gasteiger partial charge in [-0.1, -0.05) is 25.7 Å². The fourth-order valence-electron chi connectivity index (χ4n) is 3.68. The van der Waals surface area contributed by atoms with E-state index in [9.17, 15) is 10.1 Å². The second-order valence-corrected chi connectivity index (χ2v) is 6.65. The summed E-state index contributed by atoms with van der Waals surface area (Å²) in [5.41, 5.74) is -0.785. The van der Waals surface area contributed by atoms with Crippen LogP contribution in [0.15, 0.2) is 0 Å². The van der Waals surface area contributed by atoms with Gasteiger partial charge < -0.3 is 10.1 Å². The first kappa shape index (κ1) is 13.9. The van der Waals surface area contributed by atoms with Crippen molar-refractivity contribution in [3.63, 3.8) is 0 Å². The summed E-state index contributed by atoms with van der Waals surface area (Å²) in [6.45, 7) is 0.742. The summed E-state index contributed by atoms with van der Waals surface area (Å²) in [4.78, 5) is 12.7. The Morgan fingerprint density at radius 2 is 1.85 bits per heavy atom. The number of nitrogens with zero attached hydrogens (tertiary/aromatic N) is 1. The standard InChI is InChI=1S/C16H24N2O2/c17-11-16(8-3-1-2-4-9-16)15(19)18-13-7-10-20-14(13)12-5-6-12/h12-14H,1-10H2,(H,18,19). The molecule has 0 aromatic rings. The Morgan fingerprint density at radius 1 is 1.15 bits per heavy atom. The van der Waals surface area contributed by atoms with E-state index in [4.69, 9.17) is 4.74 Å². The molecule has 1 N–H and O–H groups in total. The van der Waals surface area contributed by atoms with Gasteiger partial charge in [-0.3, -0.25) is 4.79 Å². The number of nitrogens with one attached hydrogen (secondary N) is 1. The van der Waals surface area contributed by atoms with E-state index in [0.29, 0.717) is 5.92 Å². The molecule has 0 aromatic heterocycles. The second kappa shape index (κ2) is 5.73. The topological polar surface area (TPSA) is 62.1 Å². The van der Waals surface area contributed by atoms with Crippen molar-refractivity contribution in [1.29, 1.82) is 5.26 Å². The van der Waals surface area contributed by atoms with Crippen LogP contribution in [0, 0.1) is 22.7 Å². The first-order valence-electron chi connectivity index (χ1n) is 8.09. The van der Waals surface area contributed by atoms with Gasteiger partial charge in [-0.05, 0) is 38.0 Å². The summed E-state index contributed by atoms with van der Waals surface area (Å²) in [5, 5.41) is 12.7. The molecular formula is C16H24N2O2. The Kier molecular flexibility index (Phi) is 3.98. The van der Waals surface area contributed by atoms with Crippen LogP contribution in [0.25, 0.3) is 0 Å². The SMILES string of the molecule is N#CC1(C(=O)NC2CCOC2C2CC2)CCCCCC1. The van der Waals surface area contributed by atoms with Crippen molar-refractivity contribution < 1.29 is 9.53 Å². The van der Waals surface area contributed by atoms with E-state index in [1.807, 2.05) is 0 Å². The molecule has 2 aliphatic carbocycles. The highest BCUT2D eigenvalue weighted by Crippen LogP contribution is 2.40. The van der Waals surface area contributed by atoms with Crippen LogP contribution in [0.4, 0.5) is 0 Å². The van der Waals surface area contributed by atoms with Crippen molar-refractivity contribution in [2.45, 2.75) is 69.9 Å². The summed E-state index contributed by atoms with van der Waals surface area (Å²) in [5.74, 6) is 0.595. The monoisotopic (exact) mass is 276 g/mol. The normalized spacial score (nSPS) is 33.1. The van der Waals surface area contributed by atoms with Gasteiger partial charge in [0.15, 0.2) is 0 Å². The van der Waals surface area contributed by atoms with Gasteiger partial charge in [-0.25, -0.2) is 0 Å². The van der Waals surface area contributed by atoms with Gasteiger partial charge in [-0.2, -0.15) is 5.26 Å². The number of hydrogen-bond donors (Lipinski definition) is 1. The van der Waals surface area contributed by atoms with Crippen LogP contribution >= 0.6 is 0 Å². The van der Waals surface area contributed by atoms with Gasteiger partial charge in [0.1, 0.15) is 5.41 Å². The van der Waals surface area contributed by atoms with Crippen molar-refractivity contribution in [2.75, 3.05) is 6.61 Å². The molecule has 20 heavy (non-hydrogen) atoms. The highest BCUT2D eigenvalue weighted by molar-refractivity contribution is 5.85. The summed E-state index contributed by atoms with van der Waals surface area (Å²) >= 11 is 0. The van der Waals surface area contributed by atoms with Crippen LogP contribution in [0.5, 0.6) is 0 Å². The molecule has 2 saturated carbocycles. The fourth-order valence-corrected chi connectivity index (χ4v) is 3.68. The quantitative estimate of drug-likeness (QED) is 0.806. The Balaban J connectivity index is 1.66. The maximum absolute atomic E-state index is 12.7. The smallest absolute Gasteiger partial charge is 0.240 e. The summed E-state index contributed by atoms with van der Waals surface area (Å²) in [7, 11) is 0. The van der Waals surface area contributed by atoms with Crippen LogP contribution in [0.3, 0.4) is 0 Å². The lowest BCUT2D eigenvalue weighted by molar-refractivity contribution is -0.130. The second-order valence-electron chi connectivity index (χ2n) is 6.65. The molecule has 1 heterocycles. The average molecular weight is 276 g/mol. The molecule has 0 spiro atoms. The Bertz CT molecular complexity index is 403. The lowest BCUT2D eigenvalue weighted by Crippen LogP contribution is -2.48. The molecule has 1 aliphatic heterocycles. The molecule has 2 atom stereocenters. The maximum atomic E-state index is 12.7. The zero-order chi connectivity index (χ0) is 14.0. The van der Waals surface area contributed by atoms with Crippen LogP contribution < -0.4 is 5.32 Å². The molecule has 1 amide bonds. The third kappa shape index (κ3) is 2.69. The van der Waals surface area contributed by atoms with Crippen LogP contribution in [-0.4, -0.2) is 24.7 Å². The third-order valence-electron chi connectivity index (χ3n) is 5.14. The highest BCUT2D eigenvalue weighted by Gasteiger charge is 2.45. The number of amides is 1.